The van der Waals surface area contributed by atoms with Crippen LogP contribution in [0.1, 0.15) is 64.5 Å². The third kappa shape index (κ3) is 19.9. The second-order valence-corrected chi connectivity index (χ2v) is 10.6. The Kier molecular flexibility index (Phi) is 23.3. The Morgan fingerprint density at radius 3 is 1.07 bits per heavy atom. The number of rotatable bonds is 30. The zero-order valence-electron chi connectivity index (χ0n) is 26.6. The third-order valence-corrected chi connectivity index (χ3v) is 6.39. The van der Waals surface area contributed by atoms with Gasteiger partial charge in [0.1, 0.15) is 11.2 Å². The van der Waals surface area contributed by atoms with Crippen LogP contribution in [0.2, 0.25) is 0 Å². The predicted molar refractivity (Wildman–Crippen MR) is 162 cm³/mol. The highest BCUT2D eigenvalue weighted by Crippen LogP contribution is 2.27. The van der Waals surface area contributed by atoms with E-state index in [1.165, 1.54) is 0 Å². The Balaban J connectivity index is 2.18. The molecule has 10 nitrogen and oxygen atoms in total. The molecule has 0 bridgehead atoms. The fraction of sp³-hybridized carbons (Fsp3) is 0.812. The Morgan fingerprint density at radius 1 is 0.476 bits per heavy atom. The van der Waals surface area contributed by atoms with Crippen LogP contribution in [0.3, 0.4) is 0 Å². The summed E-state index contributed by atoms with van der Waals surface area (Å²) >= 11 is 0. The molecule has 1 aromatic carbocycles. The van der Waals surface area contributed by atoms with Gasteiger partial charge in [-0.05, 0) is 43.9 Å². The summed E-state index contributed by atoms with van der Waals surface area (Å²) in [5, 5.41) is 22.0. The summed E-state index contributed by atoms with van der Waals surface area (Å²) < 4.78 is 44.2. The summed E-state index contributed by atoms with van der Waals surface area (Å²) in [6, 6.07) is 7.23. The molecule has 2 atom stereocenters. The van der Waals surface area contributed by atoms with E-state index in [0.29, 0.717) is 90.4 Å². The highest BCUT2D eigenvalue weighted by Gasteiger charge is 2.28. The molecule has 0 aromatic heterocycles. The number of unbranched alkanes of at least 4 members (excludes halogenated alkanes) is 2. The Bertz CT molecular complexity index is 687. The molecule has 0 aliphatic heterocycles. The summed E-state index contributed by atoms with van der Waals surface area (Å²) in [5.41, 5.74) is -1.17. The molecule has 0 heterocycles. The van der Waals surface area contributed by atoms with Crippen molar-refractivity contribution in [2.45, 2.75) is 64.6 Å². The number of aliphatic hydroxyl groups is 2. The molecule has 0 radical (unpaired) electrons. The minimum atomic E-state index is -1.23. The zero-order valence-corrected chi connectivity index (χ0v) is 26.6. The van der Waals surface area contributed by atoms with E-state index < -0.39 is 11.2 Å². The number of hydrogen-bond donors (Lipinski definition) is 2. The zero-order chi connectivity index (χ0) is 30.8. The lowest BCUT2D eigenvalue weighted by atomic mass is 9.90. The van der Waals surface area contributed by atoms with Crippen molar-refractivity contribution in [1.29, 1.82) is 0 Å². The van der Waals surface area contributed by atoms with E-state index in [1.54, 1.807) is 19.9 Å². The van der Waals surface area contributed by atoms with Crippen molar-refractivity contribution in [2.75, 3.05) is 106 Å². The normalized spacial score (nSPS) is 14.6. The van der Waals surface area contributed by atoms with E-state index in [2.05, 4.69) is 13.8 Å². The van der Waals surface area contributed by atoms with E-state index in [-0.39, 0.29) is 13.2 Å². The molecule has 0 saturated heterocycles. The molecule has 2 unspecified atom stereocenters. The van der Waals surface area contributed by atoms with Crippen LogP contribution in [-0.2, 0) is 49.1 Å². The van der Waals surface area contributed by atoms with Crippen LogP contribution in [0.5, 0.6) is 0 Å². The molecule has 0 saturated carbocycles. The first-order chi connectivity index (χ1) is 20.3. The van der Waals surface area contributed by atoms with Gasteiger partial charge in [-0.15, -0.1) is 0 Å². The fourth-order valence-electron chi connectivity index (χ4n) is 3.71. The molecule has 0 aliphatic rings. The summed E-state index contributed by atoms with van der Waals surface area (Å²) in [6.45, 7) is 15.2. The molecule has 10 heteroatoms. The van der Waals surface area contributed by atoms with Crippen LogP contribution in [0.15, 0.2) is 24.3 Å². The second-order valence-electron chi connectivity index (χ2n) is 10.6. The largest absolute Gasteiger partial charge is 0.383 e. The molecule has 246 valence electrons. The van der Waals surface area contributed by atoms with Gasteiger partial charge in [-0.3, -0.25) is 0 Å². The maximum Gasteiger partial charge on any atom is 0.110 e. The Hall–Kier alpha value is -1.18. The topological polar surface area (TPSA) is 114 Å². The highest BCUT2D eigenvalue weighted by molar-refractivity contribution is 5.31. The molecule has 1 aromatic rings. The summed E-state index contributed by atoms with van der Waals surface area (Å²) in [6.07, 6.45) is 4.39. The van der Waals surface area contributed by atoms with E-state index in [4.69, 9.17) is 37.9 Å². The average molecular weight is 603 g/mol. The van der Waals surface area contributed by atoms with Gasteiger partial charge in [0.2, 0.25) is 0 Å². The minimum absolute atomic E-state index is 0.0942. The number of benzene rings is 1. The fourth-order valence-corrected chi connectivity index (χ4v) is 3.71. The maximum atomic E-state index is 11.0. The van der Waals surface area contributed by atoms with Crippen LogP contribution < -0.4 is 0 Å². The maximum absolute atomic E-state index is 11.0. The molecule has 0 amide bonds. The molecule has 0 aliphatic carbocycles. The van der Waals surface area contributed by atoms with Crippen LogP contribution in [0.4, 0.5) is 0 Å². The van der Waals surface area contributed by atoms with Gasteiger partial charge in [-0.25, -0.2) is 0 Å². The van der Waals surface area contributed by atoms with E-state index in [1.807, 2.05) is 18.2 Å². The number of hydrogen-bond acceptors (Lipinski definition) is 10. The number of ether oxygens (including phenoxy) is 8. The molecular weight excluding hydrogens is 544 g/mol. The van der Waals surface area contributed by atoms with Crippen molar-refractivity contribution in [3.63, 3.8) is 0 Å². The van der Waals surface area contributed by atoms with Gasteiger partial charge in [-0.1, -0.05) is 44.9 Å². The molecule has 0 spiro atoms. The summed E-state index contributed by atoms with van der Waals surface area (Å²) in [5.74, 6) is 0. The van der Waals surface area contributed by atoms with Gasteiger partial charge in [0, 0.05) is 13.2 Å². The van der Waals surface area contributed by atoms with Gasteiger partial charge in [-0.2, -0.15) is 0 Å². The molecule has 42 heavy (non-hydrogen) atoms. The first-order valence-electron chi connectivity index (χ1n) is 15.5. The Morgan fingerprint density at radius 2 is 0.762 bits per heavy atom. The molecule has 0 fully saturated rings. The van der Waals surface area contributed by atoms with Crippen LogP contribution >= 0.6 is 0 Å². The van der Waals surface area contributed by atoms with E-state index in [9.17, 15) is 10.2 Å². The smallest absolute Gasteiger partial charge is 0.110 e. The van der Waals surface area contributed by atoms with Crippen molar-refractivity contribution in [1.82, 2.24) is 0 Å². The van der Waals surface area contributed by atoms with Gasteiger partial charge in [0.15, 0.2) is 0 Å². The molecule has 2 N–H and O–H groups in total. The van der Waals surface area contributed by atoms with Crippen molar-refractivity contribution >= 4 is 0 Å². The van der Waals surface area contributed by atoms with Crippen LogP contribution in [0.25, 0.3) is 0 Å². The highest BCUT2D eigenvalue weighted by atomic mass is 16.6. The van der Waals surface area contributed by atoms with Crippen molar-refractivity contribution in [2.24, 2.45) is 0 Å². The van der Waals surface area contributed by atoms with Crippen LogP contribution in [0, 0.1) is 0 Å². The lowest BCUT2D eigenvalue weighted by Crippen LogP contribution is -2.31. The monoisotopic (exact) mass is 602 g/mol. The predicted octanol–water partition coefficient (Wildman–Crippen LogP) is 3.83. The van der Waals surface area contributed by atoms with Crippen LogP contribution in [-0.4, -0.2) is 116 Å². The van der Waals surface area contributed by atoms with Gasteiger partial charge >= 0.3 is 0 Å². The van der Waals surface area contributed by atoms with Crippen molar-refractivity contribution in [3.8, 4) is 0 Å². The van der Waals surface area contributed by atoms with E-state index in [0.717, 1.165) is 38.9 Å². The standard InChI is InChI=1S/C32H58O10/c1-5-7-12-35-14-16-37-18-20-39-22-24-41-27-31(3,33)29-10-9-11-30(26-29)32(4,34)28-42-25-23-40-21-19-38-17-15-36-13-8-6-2/h9-11,26,33-34H,5-8,12-25,27-28H2,1-4H3. The van der Waals surface area contributed by atoms with Crippen molar-refractivity contribution < 1.29 is 48.1 Å². The SMILES string of the molecule is CCCCOCCOCCOCCOCC(C)(O)c1cccc(C(C)(O)COCCOCCOCCOCCCC)c1. The molecular formula is C32H58O10. The lowest BCUT2D eigenvalue weighted by Gasteiger charge is -2.28. The summed E-state index contributed by atoms with van der Waals surface area (Å²) in [7, 11) is 0. The first kappa shape index (κ1) is 38.8. The van der Waals surface area contributed by atoms with E-state index >= 15 is 0 Å². The average Bonchev–Trinajstić information content (AvgIpc) is 2.98. The molecule has 1 rings (SSSR count). The minimum Gasteiger partial charge on any atom is -0.383 e. The van der Waals surface area contributed by atoms with Gasteiger partial charge < -0.3 is 48.1 Å². The lowest BCUT2D eigenvalue weighted by molar-refractivity contribution is -0.0592. The van der Waals surface area contributed by atoms with Gasteiger partial charge in [0.05, 0.1) is 92.5 Å². The summed E-state index contributed by atoms with van der Waals surface area (Å²) in [4.78, 5) is 0. The third-order valence-electron chi connectivity index (χ3n) is 6.39. The van der Waals surface area contributed by atoms with Crippen molar-refractivity contribution in [3.05, 3.63) is 35.4 Å². The van der Waals surface area contributed by atoms with Gasteiger partial charge in [0.25, 0.3) is 0 Å². The quantitative estimate of drug-likeness (QED) is 0.126. The first-order valence-corrected chi connectivity index (χ1v) is 15.5. The second kappa shape index (κ2) is 25.2. The Labute approximate surface area is 253 Å².